The van der Waals surface area contributed by atoms with E-state index in [2.05, 4.69) is 31.4 Å². The molecule has 0 saturated carbocycles. The average molecular weight is 442 g/mol. The summed E-state index contributed by atoms with van der Waals surface area (Å²) >= 11 is 0. The fourth-order valence-corrected chi connectivity index (χ4v) is 3.24. The van der Waals surface area contributed by atoms with E-state index < -0.39 is 5.97 Å². The van der Waals surface area contributed by atoms with Gasteiger partial charge in [0.25, 0.3) is 0 Å². The molecule has 0 aliphatic carbocycles. The predicted molar refractivity (Wildman–Crippen MR) is 130 cm³/mol. The third kappa shape index (κ3) is 11.5. The van der Waals surface area contributed by atoms with E-state index in [1.165, 1.54) is 25.3 Å². The van der Waals surface area contributed by atoms with Crippen LogP contribution >= 0.6 is 0 Å². The number of hydrogen-bond acceptors (Lipinski definition) is 4. The number of amides is 2. The Labute approximate surface area is 193 Å². The molecular weight excluding hydrogens is 402 g/mol. The van der Waals surface area contributed by atoms with Gasteiger partial charge in [0, 0.05) is 12.2 Å². The van der Waals surface area contributed by atoms with Crippen molar-refractivity contribution in [1.29, 1.82) is 5.26 Å². The second-order valence-electron chi connectivity index (χ2n) is 8.10. The lowest BCUT2D eigenvalue weighted by atomic mass is 10.0. The standard InChI is InChI=1S/C26H39N3O3/c1-4-7-9-10-11-17-28-26(31)29-24-15-13-22(14-16-24)18-23(19-27)25(30)32-20-21(6-3)12-8-5-2/h13-16,18,21H,4-12,17,20H2,1-3H3,(H2,28,29,31)/b23-18-. The maximum absolute atomic E-state index is 12.3. The predicted octanol–water partition coefficient (Wildman–Crippen LogP) is 6.45. The topological polar surface area (TPSA) is 91.2 Å². The van der Waals surface area contributed by atoms with Crippen LogP contribution in [0.3, 0.4) is 0 Å². The van der Waals surface area contributed by atoms with Gasteiger partial charge in [0.15, 0.2) is 0 Å². The van der Waals surface area contributed by atoms with Crippen molar-refractivity contribution in [2.24, 2.45) is 5.92 Å². The minimum atomic E-state index is -0.594. The van der Waals surface area contributed by atoms with E-state index in [1.54, 1.807) is 24.3 Å². The summed E-state index contributed by atoms with van der Waals surface area (Å²) in [5.41, 5.74) is 1.31. The highest BCUT2D eigenvalue weighted by Crippen LogP contribution is 2.16. The molecule has 6 heteroatoms. The Balaban J connectivity index is 2.52. The number of urea groups is 1. The van der Waals surface area contributed by atoms with Gasteiger partial charge in [-0.15, -0.1) is 0 Å². The number of hydrogen-bond donors (Lipinski definition) is 2. The van der Waals surface area contributed by atoms with Crippen molar-refractivity contribution in [3.05, 3.63) is 35.4 Å². The highest BCUT2D eigenvalue weighted by Gasteiger charge is 2.14. The van der Waals surface area contributed by atoms with Crippen LogP contribution in [0, 0.1) is 17.2 Å². The molecule has 0 aliphatic heterocycles. The van der Waals surface area contributed by atoms with Gasteiger partial charge in [0.1, 0.15) is 11.6 Å². The second kappa shape index (κ2) is 16.8. The number of nitrogens with zero attached hydrogens (tertiary/aromatic N) is 1. The maximum Gasteiger partial charge on any atom is 0.348 e. The number of ether oxygens (including phenoxy) is 1. The molecule has 0 aromatic heterocycles. The molecule has 0 fully saturated rings. The Morgan fingerprint density at radius 3 is 2.34 bits per heavy atom. The van der Waals surface area contributed by atoms with E-state index in [9.17, 15) is 14.9 Å². The molecule has 32 heavy (non-hydrogen) atoms. The number of esters is 1. The number of anilines is 1. The lowest BCUT2D eigenvalue weighted by Gasteiger charge is -2.14. The minimum absolute atomic E-state index is 0.0307. The molecule has 1 unspecified atom stereocenters. The van der Waals surface area contributed by atoms with E-state index in [1.807, 2.05) is 6.07 Å². The summed E-state index contributed by atoms with van der Waals surface area (Å²) in [5, 5.41) is 15.0. The van der Waals surface area contributed by atoms with Crippen LogP contribution in [-0.2, 0) is 9.53 Å². The minimum Gasteiger partial charge on any atom is -0.461 e. The van der Waals surface area contributed by atoms with Crippen LogP contribution in [0.4, 0.5) is 10.5 Å². The Bertz CT molecular complexity index is 751. The lowest BCUT2D eigenvalue weighted by molar-refractivity contribution is -0.139. The van der Waals surface area contributed by atoms with Gasteiger partial charge in [0.2, 0.25) is 0 Å². The molecule has 1 aromatic rings. The van der Waals surface area contributed by atoms with E-state index >= 15 is 0 Å². The van der Waals surface area contributed by atoms with Gasteiger partial charge in [0.05, 0.1) is 6.61 Å². The summed E-state index contributed by atoms with van der Waals surface area (Å²) in [4.78, 5) is 24.3. The van der Waals surface area contributed by atoms with Gasteiger partial charge in [-0.2, -0.15) is 5.26 Å². The fourth-order valence-electron chi connectivity index (χ4n) is 3.24. The number of carbonyl (C=O) groups excluding carboxylic acids is 2. The average Bonchev–Trinajstić information content (AvgIpc) is 2.80. The number of rotatable bonds is 15. The van der Waals surface area contributed by atoms with Gasteiger partial charge in [-0.1, -0.05) is 77.8 Å². The van der Waals surface area contributed by atoms with Crippen molar-refractivity contribution in [2.75, 3.05) is 18.5 Å². The van der Waals surface area contributed by atoms with E-state index in [-0.39, 0.29) is 11.6 Å². The zero-order chi connectivity index (χ0) is 23.6. The normalized spacial score (nSPS) is 12.0. The summed E-state index contributed by atoms with van der Waals surface area (Å²) in [7, 11) is 0. The Hall–Kier alpha value is -2.81. The van der Waals surface area contributed by atoms with Crippen molar-refractivity contribution in [2.45, 2.75) is 78.6 Å². The molecule has 2 amide bonds. The molecule has 6 nitrogen and oxygen atoms in total. The zero-order valence-electron chi connectivity index (χ0n) is 19.9. The maximum atomic E-state index is 12.3. The number of unbranched alkanes of at least 4 members (excludes halogenated alkanes) is 5. The monoisotopic (exact) mass is 441 g/mol. The van der Waals surface area contributed by atoms with Crippen molar-refractivity contribution < 1.29 is 14.3 Å². The zero-order valence-corrected chi connectivity index (χ0v) is 19.9. The Kier molecular flexibility index (Phi) is 14.3. The first-order chi connectivity index (χ1) is 15.5. The second-order valence-corrected chi connectivity index (χ2v) is 8.10. The third-order valence-corrected chi connectivity index (χ3v) is 5.38. The Morgan fingerprint density at radius 1 is 1.03 bits per heavy atom. The molecule has 176 valence electrons. The molecule has 1 atom stereocenters. The van der Waals surface area contributed by atoms with Gasteiger partial charge in [-0.05, 0) is 42.5 Å². The molecule has 0 spiro atoms. The van der Waals surface area contributed by atoms with Gasteiger partial charge in [-0.25, -0.2) is 9.59 Å². The van der Waals surface area contributed by atoms with Gasteiger partial charge in [-0.3, -0.25) is 0 Å². The number of benzene rings is 1. The summed E-state index contributed by atoms with van der Waals surface area (Å²) in [6.07, 6.45) is 11.4. The highest BCUT2D eigenvalue weighted by atomic mass is 16.5. The molecule has 0 heterocycles. The van der Waals surface area contributed by atoms with E-state index in [0.717, 1.165) is 38.5 Å². The lowest BCUT2D eigenvalue weighted by Crippen LogP contribution is -2.29. The van der Waals surface area contributed by atoms with E-state index in [0.29, 0.717) is 30.3 Å². The van der Waals surface area contributed by atoms with Crippen LogP contribution < -0.4 is 10.6 Å². The first-order valence-electron chi connectivity index (χ1n) is 12.0. The first-order valence-corrected chi connectivity index (χ1v) is 12.0. The quantitative estimate of drug-likeness (QED) is 0.142. The molecule has 0 aliphatic rings. The van der Waals surface area contributed by atoms with Crippen LogP contribution in [0.2, 0.25) is 0 Å². The molecule has 1 rings (SSSR count). The van der Waals surface area contributed by atoms with Crippen LogP contribution in [0.1, 0.15) is 84.1 Å². The van der Waals surface area contributed by atoms with Crippen molar-refractivity contribution in [3.8, 4) is 6.07 Å². The van der Waals surface area contributed by atoms with Crippen LogP contribution in [0.5, 0.6) is 0 Å². The molecule has 0 bridgehead atoms. The summed E-state index contributed by atoms with van der Waals surface area (Å²) in [5.74, 6) is -0.269. The van der Waals surface area contributed by atoms with E-state index in [4.69, 9.17) is 4.74 Å². The van der Waals surface area contributed by atoms with Crippen molar-refractivity contribution >= 4 is 23.8 Å². The van der Waals surface area contributed by atoms with Crippen LogP contribution in [0.15, 0.2) is 29.8 Å². The summed E-state index contributed by atoms with van der Waals surface area (Å²) in [6.45, 7) is 7.39. The number of carbonyl (C=O) groups is 2. The van der Waals surface area contributed by atoms with Crippen LogP contribution in [-0.4, -0.2) is 25.2 Å². The summed E-state index contributed by atoms with van der Waals surface area (Å²) in [6, 6.07) is 8.68. The Morgan fingerprint density at radius 2 is 1.72 bits per heavy atom. The highest BCUT2D eigenvalue weighted by molar-refractivity contribution is 5.98. The SMILES string of the molecule is CCCCCCCNC(=O)Nc1ccc(/C=C(/C#N)C(=O)OCC(CC)CCCC)cc1. The molecule has 0 radical (unpaired) electrons. The summed E-state index contributed by atoms with van der Waals surface area (Å²) < 4.78 is 5.37. The molecule has 0 saturated heterocycles. The van der Waals surface area contributed by atoms with Crippen molar-refractivity contribution in [3.63, 3.8) is 0 Å². The number of nitriles is 1. The first kappa shape index (κ1) is 27.2. The van der Waals surface area contributed by atoms with Gasteiger partial charge >= 0.3 is 12.0 Å². The van der Waals surface area contributed by atoms with Crippen LogP contribution in [0.25, 0.3) is 6.08 Å². The molecule has 2 N–H and O–H groups in total. The van der Waals surface area contributed by atoms with Gasteiger partial charge < -0.3 is 15.4 Å². The fraction of sp³-hybridized carbons (Fsp3) is 0.577. The third-order valence-electron chi connectivity index (χ3n) is 5.38. The smallest absolute Gasteiger partial charge is 0.348 e. The molecule has 1 aromatic carbocycles. The van der Waals surface area contributed by atoms with Crippen molar-refractivity contribution in [1.82, 2.24) is 5.32 Å². The largest absolute Gasteiger partial charge is 0.461 e. The molecular formula is C26H39N3O3. The number of nitrogens with one attached hydrogen (secondary N) is 2.